The van der Waals surface area contributed by atoms with E-state index in [-0.39, 0.29) is 0 Å². The first-order chi connectivity index (χ1) is 7.29. The number of aliphatic hydroxyl groups excluding tert-OH is 1. The van der Waals surface area contributed by atoms with Gasteiger partial charge in [-0.25, -0.2) is 0 Å². The van der Waals surface area contributed by atoms with E-state index in [1.807, 2.05) is 43.3 Å². The van der Waals surface area contributed by atoms with Crippen LogP contribution in [0.3, 0.4) is 0 Å². The van der Waals surface area contributed by atoms with Crippen LogP contribution >= 0.6 is 0 Å². The van der Waals surface area contributed by atoms with Crippen molar-refractivity contribution in [3.8, 4) is 0 Å². The first-order valence-electron chi connectivity index (χ1n) is 4.92. The SMILES string of the molecule is Cc1ccccc1[C@@H](O)c1cccnc1. The summed E-state index contributed by atoms with van der Waals surface area (Å²) in [5, 5.41) is 10.1. The average Bonchev–Trinajstić information content (AvgIpc) is 2.30. The number of benzene rings is 1. The van der Waals surface area contributed by atoms with Crippen molar-refractivity contribution >= 4 is 0 Å². The first kappa shape index (κ1) is 9.87. The number of hydrogen-bond donors (Lipinski definition) is 1. The number of rotatable bonds is 2. The Morgan fingerprint density at radius 3 is 2.60 bits per heavy atom. The molecule has 1 atom stereocenters. The van der Waals surface area contributed by atoms with E-state index in [0.717, 1.165) is 16.7 Å². The molecule has 2 heteroatoms. The van der Waals surface area contributed by atoms with Crippen molar-refractivity contribution in [2.24, 2.45) is 0 Å². The van der Waals surface area contributed by atoms with Crippen LogP contribution in [-0.4, -0.2) is 10.1 Å². The van der Waals surface area contributed by atoms with E-state index in [9.17, 15) is 5.11 Å². The van der Waals surface area contributed by atoms with Gasteiger partial charge in [-0.05, 0) is 24.1 Å². The molecule has 2 aromatic rings. The van der Waals surface area contributed by atoms with E-state index >= 15 is 0 Å². The molecule has 0 fully saturated rings. The maximum Gasteiger partial charge on any atom is 0.106 e. The van der Waals surface area contributed by atoms with Crippen molar-refractivity contribution in [1.82, 2.24) is 4.98 Å². The van der Waals surface area contributed by atoms with E-state index in [1.54, 1.807) is 12.4 Å². The second-order valence-corrected chi connectivity index (χ2v) is 3.55. The van der Waals surface area contributed by atoms with Crippen LogP contribution in [0.25, 0.3) is 0 Å². The van der Waals surface area contributed by atoms with Crippen molar-refractivity contribution < 1.29 is 5.11 Å². The minimum atomic E-state index is -0.583. The van der Waals surface area contributed by atoms with E-state index in [4.69, 9.17) is 0 Å². The number of hydrogen-bond acceptors (Lipinski definition) is 2. The lowest BCUT2D eigenvalue weighted by Crippen LogP contribution is -2.01. The summed E-state index contributed by atoms with van der Waals surface area (Å²) in [5.74, 6) is 0. The lowest BCUT2D eigenvalue weighted by atomic mass is 9.99. The zero-order valence-electron chi connectivity index (χ0n) is 8.59. The molecule has 2 nitrogen and oxygen atoms in total. The van der Waals surface area contributed by atoms with Crippen LogP contribution < -0.4 is 0 Å². The van der Waals surface area contributed by atoms with Gasteiger partial charge in [-0.15, -0.1) is 0 Å². The molecule has 15 heavy (non-hydrogen) atoms. The van der Waals surface area contributed by atoms with Gasteiger partial charge in [-0.3, -0.25) is 4.98 Å². The van der Waals surface area contributed by atoms with E-state index in [2.05, 4.69) is 4.98 Å². The van der Waals surface area contributed by atoms with E-state index in [0.29, 0.717) is 0 Å². The number of aliphatic hydroxyl groups is 1. The van der Waals surface area contributed by atoms with Crippen LogP contribution in [0.1, 0.15) is 22.8 Å². The van der Waals surface area contributed by atoms with Crippen LogP contribution in [-0.2, 0) is 0 Å². The Hall–Kier alpha value is -1.67. The Labute approximate surface area is 89.2 Å². The highest BCUT2D eigenvalue weighted by atomic mass is 16.3. The quantitative estimate of drug-likeness (QED) is 0.806. The summed E-state index contributed by atoms with van der Waals surface area (Å²) in [5.41, 5.74) is 2.85. The number of aromatic nitrogens is 1. The Morgan fingerprint density at radius 2 is 1.93 bits per heavy atom. The molecule has 1 heterocycles. The molecule has 2 rings (SSSR count). The molecule has 0 aliphatic heterocycles. The fourth-order valence-corrected chi connectivity index (χ4v) is 1.61. The van der Waals surface area contributed by atoms with Crippen molar-refractivity contribution in [2.75, 3.05) is 0 Å². The van der Waals surface area contributed by atoms with Gasteiger partial charge in [-0.1, -0.05) is 30.3 Å². The molecular weight excluding hydrogens is 186 g/mol. The number of aryl methyl sites for hydroxylation is 1. The minimum Gasteiger partial charge on any atom is -0.384 e. The van der Waals surface area contributed by atoms with Crippen molar-refractivity contribution in [3.05, 3.63) is 65.5 Å². The predicted molar refractivity (Wildman–Crippen MR) is 59.5 cm³/mol. The van der Waals surface area contributed by atoms with Crippen molar-refractivity contribution in [1.29, 1.82) is 0 Å². The molecule has 0 spiro atoms. The van der Waals surface area contributed by atoms with Gasteiger partial charge < -0.3 is 5.11 Å². The summed E-state index contributed by atoms with van der Waals surface area (Å²) in [4.78, 5) is 4.00. The fraction of sp³-hybridized carbons (Fsp3) is 0.154. The number of nitrogens with zero attached hydrogens (tertiary/aromatic N) is 1. The van der Waals surface area contributed by atoms with Crippen LogP contribution in [0, 0.1) is 6.92 Å². The van der Waals surface area contributed by atoms with Crippen molar-refractivity contribution in [3.63, 3.8) is 0 Å². The molecule has 0 radical (unpaired) electrons. The third-order valence-electron chi connectivity index (χ3n) is 2.48. The second kappa shape index (κ2) is 4.24. The highest BCUT2D eigenvalue weighted by molar-refractivity contribution is 5.33. The molecule has 1 aromatic heterocycles. The molecule has 0 aliphatic carbocycles. The van der Waals surface area contributed by atoms with Crippen LogP contribution in [0.5, 0.6) is 0 Å². The fourth-order valence-electron chi connectivity index (χ4n) is 1.61. The summed E-state index contributed by atoms with van der Waals surface area (Å²) in [7, 11) is 0. The highest BCUT2D eigenvalue weighted by Crippen LogP contribution is 2.23. The molecule has 0 bridgehead atoms. The van der Waals surface area contributed by atoms with Crippen LogP contribution in [0.4, 0.5) is 0 Å². The topological polar surface area (TPSA) is 33.1 Å². The van der Waals surface area contributed by atoms with Crippen LogP contribution in [0.2, 0.25) is 0 Å². The van der Waals surface area contributed by atoms with Gasteiger partial charge >= 0.3 is 0 Å². The van der Waals surface area contributed by atoms with Gasteiger partial charge in [0.15, 0.2) is 0 Å². The van der Waals surface area contributed by atoms with Crippen molar-refractivity contribution in [2.45, 2.75) is 13.0 Å². The molecule has 1 aromatic carbocycles. The normalized spacial score (nSPS) is 12.4. The summed E-state index contributed by atoms with van der Waals surface area (Å²) in [6.07, 6.45) is 2.81. The van der Waals surface area contributed by atoms with Gasteiger partial charge in [0.05, 0.1) is 0 Å². The zero-order chi connectivity index (χ0) is 10.7. The monoisotopic (exact) mass is 199 g/mol. The lowest BCUT2D eigenvalue weighted by Gasteiger charge is -2.13. The number of pyridine rings is 1. The molecular formula is C13H13NO. The summed E-state index contributed by atoms with van der Waals surface area (Å²) in [6, 6.07) is 11.5. The maximum atomic E-state index is 10.1. The Balaban J connectivity index is 2.37. The largest absolute Gasteiger partial charge is 0.384 e. The van der Waals surface area contributed by atoms with Gasteiger partial charge in [0.1, 0.15) is 6.10 Å². The van der Waals surface area contributed by atoms with Gasteiger partial charge in [0, 0.05) is 18.0 Å². The predicted octanol–water partition coefficient (Wildman–Crippen LogP) is 2.47. The second-order valence-electron chi connectivity index (χ2n) is 3.55. The Bertz CT molecular complexity index is 439. The Kier molecular flexibility index (Phi) is 2.79. The standard InChI is InChI=1S/C13H13NO/c1-10-5-2-3-7-12(10)13(15)11-6-4-8-14-9-11/h2-9,13,15H,1H3/t13-/m0/s1. The van der Waals surface area contributed by atoms with Gasteiger partial charge in [-0.2, -0.15) is 0 Å². The summed E-state index contributed by atoms with van der Waals surface area (Å²) < 4.78 is 0. The van der Waals surface area contributed by atoms with Gasteiger partial charge in [0.25, 0.3) is 0 Å². The highest BCUT2D eigenvalue weighted by Gasteiger charge is 2.11. The molecule has 0 aliphatic rings. The van der Waals surface area contributed by atoms with Gasteiger partial charge in [0.2, 0.25) is 0 Å². The lowest BCUT2D eigenvalue weighted by molar-refractivity contribution is 0.219. The summed E-state index contributed by atoms with van der Waals surface area (Å²) in [6.45, 7) is 1.99. The maximum absolute atomic E-state index is 10.1. The first-order valence-corrected chi connectivity index (χ1v) is 4.92. The molecule has 0 saturated carbocycles. The molecule has 0 amide bonds. The molecule has 76 valence electrons. The third kappa shape index (κ3) is 2.05. The zero-order valence-corrected chi connectivity index (χ0v) is 8.59. The van der Waals surface area contributed by atoms with E-state index in [1.165, 1.54) is 0 Å². The summed E-state index contributed by atoms with van der Waals surface area (Å²) >= 11 is 0. The smallest absolute Gasteiger partial charge is 0.106 e. The Morgan fingerprint density at radius 1 is 1.13 bits per heavy atom. The molecule has 0 saturated heterocycles. The average molecular weight is 199 g/mol. The molecule has 0 unspecified atom stereocenters. The van der Waals surface area contributed by atoms with Crippen LogP contribution in [0.15, 0.2) is 48.8 Å². The third-order valence-corrected chi connectivity index (χ3v) is 2.48. The molecule has 1 N–H and O–H groups in total. The minimum absolute atomic E-state index is 0.583. The van der Waals surface area contributed by atoms with E-state index < -0.39 is 6.10 Å².